The predicted molar refractivity (Wildman–Crippen MR) is 77.9 cm³/mol. The highest BCUT2D eigenvalue weighted by atomic mass is 16.5. The Kier molecular flexibility index (Phi) is 3.94. The van der Waals surface area contributed by atoms with E-state index in [0.717, 1.165) is 29.5 Å². The van der Waals surface area contributed by atoms with Crippen molar-refractivity contribution in [2.75, 3.05) is 17.7 Å². The molecule has 0 aliphatic carbocycles. The minimum absolute atomic E-state index is 0.650. The molecule has 19 heavy (non-hydrogen) atoms. The summed E-state index contributed by atoms with van der Waals surface area (Å²) in [5.41, 5.74) is 8.51. The van der Waals surface area contributed by atoms with E-state index in [0.29, 0.717) is 12.3 Å². The molecule has 0 saturated carbocycles. The number of ether oxygens (including phenoxy) is 1. The van der Waals surface area contributed by atoms with Crippen LogP contribution >= 0.6 is 0 Å². The third-order valence-electron chi connectivity index (χ3n) is 2.88. The molecule has 0 radical (unpaired) electrons. The van der Waals surface area contributed by atoms with E-state index in [1.807, 2.05) is 49.7 Å². The maximum Gasteiger partial charge on any atom is 0.152 e. The Morgan fingerprint density at radius 3 is 2.84 bits per heavy atom. The fraction of sp³-hybridized carbons (Fsp3) is 0.357. The summed E-state index contributed by atoms with van der Waals surface area (Å²) < 4.78 is 7.34. The number of aryl methyl sites for hydroxylation is 2. The Labute approximate surface area is 113 Å². The molecule has 5 heteroatoms. The largest absolute Gasteiger partial charge is 0.494 e. The van der Waals surface area contributed by atoms with Crippen molar-refractivity contribution in [2.24, 2.45) is 0 Å². The van der Waals surface area contributed by atoms with Crippen LogP contribution < -0.4 is 15.8 Å². The summed E-state index contributed by atoms with van der Waals surface area (Å²) in [6.45, 7) is 7.33. The average Bonchev–Trinajstić information content (AvgIpc) is 2.67. The van der Waals surface area contributed by atoms with E-state index in [9.17, 15) is 0 Å². The maximum atomic E-state index is 6.05. The molecule has 3 N–H and O–H groups in total. The van der Waals surface area contributed by atoms with E-state index in [-0.39, 0.29) is 0 Å². The number of nitrogens with zero attached hydrogens (tertiary/aromatic N) is 2. The predicted octanol–water partition coefficient (Wildman–Crippen LogP) is 2.94. The van der Waals surface area contributed by atoms with Gasteiger partial charge in [-0.15, -0.1) is 0 Å². The number of hydrogen-bond donors (Lipinski definition) is 2. The molecule has 0 bridgehead atoms. The molecule has 1 aromatic carbocycles. The molecule has 2 aromatic rings. The first-order valence-corrected chi connectivity index (χ1v) is 6.48. The number of rotatable bonds is 5. The molecule has 5 nitrogen and oxygen atoms in total. The summed E-state index contributed by atoms with van der Waals surface area (Å²) in [7, 11) is 0. The number of benzene rings is 1. The molecular weight excluding hydrogens is 240 g/mol. The summed E-state index contributed by atoms with van der Waals surface area (Å²) in [6.07, 6.45) is 0. The highest BCUT2D eigenvalue weighted by molar-refractivity contribution is 5.71. The van der Waals surface area contributed by atoms with Gasteiger partial charge in [-0.1, -0.05) is 6.07 Å². The van der Waals surface area contributed by atoms with Gasteiger partial charge in [-0.3, -0.25) is 0 Å². The van der Waals surface area contributed by atoms with Crippen molar-refractivity contribution in [1.82, 2.24) is 9.78 Å². The van der Waals surface area contributed by atoms with E-state index in [2.05, 4.69) is 10.4 Å². The average molecular weight is 260 g/mol. The molecule has 0 unspecified atom stereocenters. The zero-order valence-corrected chi connectivity index (χ0v) is 11.6. The molecule has 0 amide bonds. The zero-order chi connectivity index (χ0) is 13.8. The molecular formula is C14H20N4O. The van der Waals surface area contributed by atoms with Crippen LogP contribution in [0.3, 0.4) is 0 Å². The molecule has 2 rings (SSSR count). The van der Waals surface area contributed by atoms with E-state index in [4.69, 9.17) is 10.5 Å². The van der Waals surface area contributed by atoms with Crippen LogP contribution in [-0.4, -0.2) is 16.4 Å². The number of aromatic nitrogens is 2. The molecule has 0 spiro atoms. The van der Waals surface area contributed by atoms with Gasteiger partial charge in [0.1, 0.15) is 5.75 Å². The van der Waals surface area contributed by atoms with Gasteiger partial charge in [0.25, 0.3) is 0 Å². The first kappa shape index (κ1) is 13.3. The van der Waals surface area contributed by atoms with E-state index < -0.39 is 0 Å². The van der Waals surface area contributed by atoms with Gasteiger partial charge in [0.2, 0.25) is 0 Å². The highest BCUT2D eigenvalue weighted by Gasteiger charge is 2.11. The van der Waals surface area contributed by atoms with Crippen LogP contribution in [0.5, 0.6) is 5.75 Å². The van der Waals surface area contributed by atoms with Crippen molar-refractivity contribution in [1.29, 1.82) is 0 Å². The van der Waals surface area contributed by atoms with E-state index in [1.165, 1.54) is 0 Å². The van der Waals surface area contributed by atoms with Crippen molar-refractivity contribution >= 4 is 17.2 Å². The van der Waals surface area contributed by atoms with E-state index >= 15 is 0 Å². The first-order valence-electron chi connectivity index (χ1n) is 6.48. The van der Waals surface area contributed by atoms with Gasteiger partial charge in [0, 0.05) is 18.3 Å². The Morgan fingerprint density at radius 1 is 1.37 bits per heavy atom. The second-order valence-corrected chi connectivity index (χ2v) is 4.25. The van der Waals surface area contributed by atoms with Crippen LogP contribution in [0.2, 0.25) is 0 Å². The first-order chi connectivity index (χ1) is 9.15. The Hall–Kier alpha value is -2.17. The monoisotopic (exact) mass is 260 g/mol. The Morgan fingerprint density at radius 2 is 2.16 bits per heavy atom. The lowest BCUT2D eigenvalue weighted by Crippen LogP contribution is -2.04. The van der Waals surface area contributed by atoms with Crippen molar-refractivity contribution < 1.29 is 4.74 Å². The molecule has 0 fully saturated rings. The quantitative estimate of drug-likeness (QED) is 0.867. The summed E-state index contributed by atoms with van der Waals surface area (Å²) >= 11 is 0. The third-order valence-corrected chi connectivity index (χ3v) is 2.88. The van der Waals surface area contributed by atoms with Crippen LogP contribution in [0.15, 0.2) is 24.3 Å². The minimum atomic E-state index is 0.650. The number of nitrogens with one attached hydrogen (secondary N) is 1. The normalized spacial score (nSPS) is 10.5. The second-order valence-electron chi connectivity index (χ2n) is 4.25. The third kappa shape index (κ3) is 2.81. The Bertz CT molecular complexity index is 563. The van der Waals surface area contributed by atoms with Gasteiger partial charge in [-0.25, -0.2) is 4.68 Å². The van der Waals surface area contributed by atoms with Crippen molar-refractivity contribution in [2.45, 2.75) is 27.3 Å². The standard InChI is InChI=1S/C14H20N4O/c1-4-18-14(13(15)10(3)17-18)16-11-7-6-8-12(9-11)19-5-2/h6-9,16H,4-5,15H2,1-3H3. The lowest BCUT2D eigenvalue weighted by molar-refractivity contribution is 0.340. The van der Waals surface area contributed by atoms with Crippen LogP contribution in [0.4, 0.5) is 17.2 Å². The number of nitrogen functional groups attached to an aromatic ring is 1. The topological polar surface area (TPSA) is 65.1 Å². The summed E-state index contributed by atoms with van der Waals surface area (Å²) in [6, 6.07) is 7.80. The van der Waals surface area contributed by atoms with Crippen molar-refractivity contribution in [3.8, 4) is 5.75 Å². The van der Waals surface area contributed by atoms with Crippen LogP contribution in [0, 0.1) is 6.92 Å². The summed E-state index contributed by atoms with van der Waals surface area (Å²) in [4.78, 5) is 0. The van der Waals surface area contributed by atoms with Crippen LogP contribution in [-0.2, 0) is 6.54 Å². The summed E-state index contributed by atoms with van der Waals surface area (Å²) in [5, 5.41) is 7.69. The van der Waals surface area contributed by atoms with Gasteiger partial charge in [-0.2, -0.15) is 5.10 Å². The smallest absolute Gasteiger partial charge is 0.152 e. The molecule has 1 heterocycles. The van der Waals surface area contributed by atoms with Gasteiger partial charge >= 0.3 is 0 Å². The number of anilines is 3. The van der Waals surface area contributed by atoms with E-state index in [1.54, 1.807) is 0 Å². The van der Waals surface area contributed by atoms with Gasteiger partial charge in [0.15, 0.2) is 5.82 Å². The fourth-order valence-electron chi connectivity index (χ4n) is 1.92. The number of nitrogens with two attached hydrogens (primary N) is 1. The lowest BCUT2D eigenvalue weighted by Gasteiger charge is -2.11. The van der Waals surface area contributed by atoms with Crippen LogP contribution in [0.25, 0.3) is 0 Å². The van der Waals surface area contributed by atoms with Gasteiger partial charge < -0.3 is 15.8 Å². The van der Waals surface area contributed by atoms with Gasteiger partial charge in [-0.05, 0) is 32.9 Å². The molecule has 102 valence electrons. The molecule has 0 aliphatic heterocycles. The molecule has 1 aromatic heterocycles. The van der Waals surface area contributed by atoms with Crippen molar-refractivity contribution in [3.05, 3.63) is 30.0 Å². The Balaban J connectivity index is 2.28. The highest BCUT2D eigenvalue weighted by Crippen LogP contribution is 2.27. The zero-order valence-electron chi connectivity index (χ0n) is 11.6. The fourth-order valence-corrected chi connectivity index (χ4v) is 1.92. The van der Waals surface area contributed by atoms with Crippen molar-refractivity contribution in [3.63, 3.8) is 0 Å². The van der Waals surface area contributed by atoms with Gasteiger partial charge in [0.05, 0.1) is 18.0 Å². The molecule has 0 saturated heterocycles. The minimum Gasteiger partial charge on any atom is -0.494 e. The summed E-state index contributed by atoms with van der Waals surface area (Å²) in [5.74, 6) is 1.67. The lowest BCUT2D eigenvalue weighted by atomic mass is 10.3. The second kappa shape index (κ2) is 5.65. The SMILES string of the molecule is CCOc1cccc(Nc2c(N)c(C)nn2CC)c1. The van der Waals surface area contributed by atoms with Crippen LogP contribution in [0.1, 0.15) is 19.5 Å². The molecule has 0 aliphatic rings. The number of hydrogen-bond acceptors (Lipinski definition) is 4. The maximum absolute atomic E-state index is 6.05. The molecule has 0 atom stereocenters.